The number of carbonyl (C=O) groups excluding carboxylic acids is 1. The number of benzene rings is 1. The fourth-order valence-electron chi connectivity index (χ4n) is 2.50. The molecule has 0 aliphatic heterocycles. The number of hydrogen-bond donors (Lipinski definition) is 0. The molecule has 0 aromatic heterocycles. The molecule has 0 heterocycles. The monoisotopic (exact) mass is 363 g/mol. The van der Waals surface area contributed by atoms with Gasteiger partial charge in [-0.05, 0) is 31.0 Å². The van der Waals surface area contributed by atoms with Gasteiger partial charge < -0.3 is 4.90 Å². The second kappa shape index (κ2) is 6.47. The van der Waals surface area contributed by atoms with Crippen molar-refractivity contribution in [2.45, 2.75) is 37.1 Å². The highest BCUT2D eigenvalue weighted by atomic mass is 79.9. The first-order chi connectivity index (χ1) is 9.00. The molecule has 19 heavy (non-hydrogen) atoms. The molecule has 1 saturated carbocycles. The highest BCUT2D eigenvalue weighted by molar-refractivity contribution is 9.10. The highest BCUT2D eigenvalue weighted by Crippen LogP contribution is 2.29. The van der Waals surface area contributed by atoms with Crippen LogP contribution in [0.2, 0.25) is 5.02 Å². The van der Waals surface area contributed by atoms with Gasteiger partial charge in [-0.25, -0.2) is 0 Å². The number of halogens is 3. The Hall–Kier alpha value is -0.250. The Morgan fingerprint density at radius 1 is 1.37 bits per heavy atom. The van der Waals surface area contributed by atoms with E-state index < -0.39 is 0 Å². The summed E-state index contributed by atoms with van der Waals surface area (Å²) in [5, 5.41) is 0.510. The number of carbonyl (C=O) groups is 1. The molecule has 0 bridgehead atoms. The molecule has 2 unspecified atom stereocenters. The minimum absolute atomic E-state index is 0.0358. The Bertz CT molecular complexity index is 481. The first kappa shape index (κ1) is 15.1. The van der Waals surface area contributed by atoms with Crippen LogP contribution >= 0.6 is 39.1 Å². The number of alkyl halides is 1. The quantitative estimate of drug-likeness (QED) is 0.695. The van der Waals surface area contributed by atoms with Gasteiger partial charge in [-0.1, -0.05) is 40.4 Å². The van der Waals surface area contributed by atoms with Gasteiger partial charge >= 0.3 is 0 Å². The van der Waals surface area contributed by atoms with Gasteiger partial charge in [0.2, 0.25) is 0 Å². The third-order valence-corrected chi connectivity index (χ3v) is 4.96. The summed E-state index contributed by atoms with van der Waals surface area (Å²) < 4.78 is 0.847. The van der Waals surface area contributed by atoms with Crippen molar-refractivity contribution in [1.29, 1.82) is 0 Å². The zero-order valence-corrected chi connectivity index (χ0v) is 13.8. The molecule has 1 fully saturated rings. The zero-order valence-electron chi connectivity index (χ0n) is 10.7. The van der Waals surface area contributed by atoms with E-state index in [9.17, 15) is 4.79 Å². The summed E-state index contributed by atoms with van der Waals surface area (Å²) in [6, 6.07) is 5.40. The normalized spacial score (nSPS) is 23.2. The lowest BCUT2D eigenvalue weighted by Gasteiger charge is -2.35. The molecular formula is C14H16BrCl2NO. The molecule has 0 radical (unpaired) electrons. The third-order valence-electron chi connectivity index (χ3n) is 3.62. The van der Waals surface area contributed by atoms with Crippen molar-refractivity contribution < 1.29 is 4.79 Å². The van der Waals surface area contributed by atoms with Crippen LogP contribution < -0.4 is 0 Å². The smallest absolute Gasteiger partial charge is 0.255 e. The summed E-state index contributed by atoms with van der Waals surface area (Å²) in [5.74, 6) is -0.0659. The topological polar surface area (TPSA) is 20.3 Å². The molecule has 1 aromatic carbocycles. The molecule has 2 atom stereocenters. The van der Waals surface area contributed by atoms with Crippen LogP contribution in [-0.4, -0.2) is 29.3 Å². The molecule has 0 N–H and O–H groups in total. The lowest BCUT2D eigenvalue weighted by atomic mass is 9.93. The Morgan fingerprint density at radius 2 is 2.05 bits per heavy atom. The number of amides is 1. The number of rotatable bonds is 2. The van der Waals surface area contributed by atoms with E-state index in [2.05, 4.69) is 15.9 Å². The first-order valence-electron chi connectivity index (χ1n) is 6.37. The van der Waals surface area contributed by atoms with Crippen LogP contribution in [0.5, 0.6) is 0 Å². The van der Waals surface area contributed by atoms with Crippen LogP contribution in [0.1, 0.15) is 36.0 Å². The maximum atomic E-state index is 12.5. The fourth-order valence-corrected chi connectivity index (χ4v) is 3.51. The number of hydrogen-bond acceptors (Lipinski definition) is 1. The highest BCUT2D eigenvalue weighted by Gasteiger charge is 2.30. The second-order valence-electron chi connectivity index (χ2n) is 4.91. The molecule has 2 nitrogen and oxygen atoms in total. The third kappa shape index (κ3) is 3.45. The van der Waals surface area contributed by atoms with Crippen molar-refractivity contribution in [2.24, 2.45) is 0 Å². The van der Waals surface area contributed by atoms with Gasteiger partial charge in [0, 0.05) is 17.6 Å². The molecule has 1 aliphatic carbocycles. The molecule has 0 saturated heterocycles. The van der Waals surface area contributed by atoms with Gasteiger partial charge in [-0.15, -0.1) is 11.6 Å². The van der Waals surface area contributed by atoms with Gasteiger partial charge in [-0.3, -0.25) is 4.79 Å². The Labute approximate surface area is 132 Å². The van der Waals surface area contributed by atoms with Gasteiger partial charge in [0.1, 0.15) is 0 Å². The van der Waals surface area contributed by atoms with E-state index in [1.165, 1.54) is 0 Å². The van der Waals surface area contributed by atoms with Crippen LogP contribution in [0.15, 0.2) is 22.7 Å². The molecule has 104 valence electrons. The van der Waals surface area contributed by atoms with Crippen molar-refractivity contribution in [2.75, 3.05) is 7.05 Å². The van der Waals surface area contributed by atoms with Crippen LogP contribution in [-0.2, 0) is 0 Å². The van der Waals surface area contributed by atoms with E-state index in [0.29, 0.717) is 10.6 Å². The van der Waals surface area contributed by atoms with Gasteiger partial charge in [0.25, 0.3) is 5.91 Å². The molecule has 1 amide bonds. The molecule has 1 aromatic rings. The average Bonchev–Trinajstić information content (AvgIpc) is 2.40. The minimum atomic E-state index is -0.0659. The molecule has 0 spiro atoms. The Balaban J connectivity index is 2.20. The number of nitrogens with zero attached hydrogens (tertiary/aromatic N) is 1. The van der Waals surface area contributed by atoms with Crippen LogP contribution in [0.4, 0.5) is 0 Å². The second-order valence-corrected chi connectivity index (χ2v) is 6.79. The summed E-state index contributed by atoms with van der Waals surface area (Å²) in [7, 11) is 1.81. The SMILES string of the molecule is CN(C(=O)c1cc(Br)ccc1Cl)C1CCCCC1Cl. The van der Waals surface area contributed by atoms with Crippen molar-refractivity contribution in [3.63, 3.8) is 0 Å². The lowest BCUT2D eigenvalue weighted by Crippen LogP contribution is -2.44. The van der Waals surface area contributed by atoms with Crippen LogP contribution in [0.3, 0.4) is 0 Å². The summed E-state index contributed by atoms with van der Waals surface area (Å²) in [6.45, 7) is 0. The summed E-state index contributed by atoms with van der Waals surface area (Å²) in [4.78, 5) is 14.3. The van der Waals surface area contributed by atoms with Crippen molar-refractivity contribution in [1.82, 2.24) is 4.90 Å². The summed E-state index contributed by atoms with van der Waals surface area (Å²) in [6.07, 6.45) is 4.19. The van der Waals surface area contributed by atoms with E-state index in [0.717, 1.165) is 30.2 Å². The maximum Gasteiger partial charge on any atom is 0.255 e. The van der Waals surface area contributed by atoms with Crippen molar-refractivity contribution in [3.05, 3.63) is 33.3 Å². The largest absolute Gasteiger partial charge is 0.337 e. The first-order valence-corrected chi connectivity index (χ1v) is 7.97. The predicted octanol–water partition coefficient (Wildman–Crippen LogP) is 4.72. The van der Waals surface area contributed by atoms with E-state index in [1.54, 1.807) is 17.0 Å². The predicted molar refractivity (Wildman–Crippen MR) is 83.1 cm³/mol. The van der Waals surface area contributed by atoms with Crippen molar-refractivity contribution in [3.8, 4) is 0 Å². The average molecular weight is 365 g/mol. The molecule has 1 aliphatic rings. The van der Waals surface area contributed by atoms with Gasteiger partial charge in [0.15, 0.2) is 0 Å². The molecule has 5 heteroatoms. The molecular weight excluding hydrogens is 349 g/mol. The Morgan fingerprint density at radius 3 is 2.74 bits per heavy atom. The lowest BCUT2D eigenvalue weighted by molar-refractivity contribution is 0.0700. The fraction of sp³-hybridized carbons (Fsp3) is 0.500. The van der Waals surface area contributed by atoms with E-state index in [-0.39, 0.29) is 17.3 Å². The Kier molecular flexibility index (Phi) is 5.15. The van der Waals surface area contributed by atoms with Crippen LogP contribution in [0, 0.1) is 0 Å². The summed E-state index contributed by atoms with van der Waals surface area (Å²) in [5.41, 5.74) is 0.521. The van der Waals surface area contributed by atoms with E-state index >= 15 is 0 Å². The standard InChI is InChI=1S/C14H16BrCl2NO/c1-18(13-5-3-2-4-12(13)17)14(19)10-8-9(15)6-7-11(10)16/h6-8,12-13H,2-5H2,1H3. The van der Waals surface area contributed by atoms with E-state index in [1.807, 2.05) is 13.1 Å². The summed E-state index contributed by atoms with van der Waals surface area (Å²) >= 11 is 15.8. The van der Waals surface area contributed by atoms with Gasteiger partial charge in [-0.2, -0.15) is 0 Å². The minimum Gasteiger partial charge on any atom is -0.337 e. The van der Waals surface area contributed by atoms with E-state index in [4.69, 9.17) is 23.2 Å². The van der Waals surface area contributed by atoms with Gasteiger partial charge in [0.05, 0.1) is 16.0 Å². The zero-order chi connectivity index (χ0) is 14.0. The van der Waals surface area contributed by atoms with Crippen molar-refractivity contribution >= 4 is 45.0 Å². The molecule has 2 rings (SSSR count). The maximum absolute atomic E-state index is 12.5. The van der Waals surface area contributed by atoms with Crippen LogP contribution in [0.25, 0.3) is 0 Å².